The van der Waals surface area contributed by atoms with Crippen molar-refractivity contribution < 1.29 is 19.1 Å². The van der Waals surface area contributed by atoms with Crippen molar-refractivity contribution in [3.05, 3.63) is 126 Å². The summed E-state index contributed by atoms with van der Waals surface area (Å²) in [6.07, 6.45) is 0.399. The SMILES string of the molecule is CC(CCOc1ccccc1-c1cc(-c2ccccc2Cl)n(-c2ccccc2)n1)C(=O)N1C(=O)OC[C@@H]1Cc1ccccc1. The minimum atomic E-state index is -0.586. The highest BCUT2D eigenvalue weighted by Crippen LogP contribution is 2.36. The van der Waals surface area contributed by atoms with Crippen LogP contribution in [0.5, 0.6) is 5.75 Å². The number of hydrogen-bond acceptors (Lipinski definition) is 5. The molecule has 2 atom stereocenters. The number of aromatic nitrogens is 2. The van der Waals surface area contributed by atoms with Crippen LogP contribution in [-0.2, 0) is 16.0 Å². The maximum Gasteiger partial charge on any atom is 0.416 e. The Labute approximate surface area is 261 Å². The van der Waals surface area contributed by atoms with E-state index in [1.807, 2.05) is 127 Å². The lowest BCUT2D eigenvalue weighted by Gasteiger charge is -2.23. The van der Waals surface area contributed by atoms with E-state index in [2.05, 4.69) is 0 Å². The quantitative estimate of drug-likeness (QED) is 0.162. The third kappa shape index (κ3) is 6.24. The zero-order chi connectivity index (χ0) is 30.5. The van der Waals surface area contributed by atoms with E-state index in [1.165, 1.54) is 4.90 Å². The molecule has 6 rings (SSSR count). The third-order valence-corrected chi connectivity index (χ3v) is 8.10. The number of ether oxygens (including phenoxy) is 2. The molecule has 4 aromatic carbocycles. The van der Waals surface area contributed by atoms with Crippen LogP contribution < -0.4 is 4.74 Å². The Balaban J connectivity index is 1.18. The summed E-state index contributed by atoms with van der Waals surface area (Å²) in [7, 11) is 0. The Kier molecular flexibility index (Phi) is 8.75. The Morgan fingerprint density at radius 2 is 1.59 bits per heavy atom. The van der Waals surface area contributed by atoms with Crippen LogP contribution in [0.4, 0.5) is 4.79 Å². The highest BCUT2D eigenvalue weighted by molar-refractivity contribution is 6.33. The maximum atomic E-state index is 13.4. The van der Waals surface area contributed by atoms with Gasteiger partial charge in [0.25, 0.3) is 0 Å². The molecular formula is C36H32ClN3O4. The van der Waals surface area contributed by atoms with Gasteiger partial charge in [-0.05, 0) is 54.8 Å². The van der Waals surface area contributed by atoms with E-state index >= 15 is 0 Å². The van der Waals surface area contributed by atoms with Gasteiger partial charge in [-0.15, -0.1) is 0 Å². The first kappa shape index (κ1) is 29.2. The molecule has 1 unspecified atom stereocenters. The maximum absolute atomic E-state index is 13.4. The molecule has 0 radical (unpaired) electrons. The van der Waals surface area contributed by atoms with E-state index in [0.29, 0.717) is 23.6 Å². The zero-order valence-electron chi connectivity index (χ0n) is 24.3. The monoisotopic (exact) mass is 605 g/mol. The van der Waals surface area contributed by atoms with Crippen LogP contribution >= 0.6 is 11.6 Å². The fourth-order valence-corrected chi connectivity index (χ4v) is 5.65. The standard InChI is InChI=1S/C36H32ClN3O4/c1-25(35(41)39-28(24-44-36(39)42)22-26-12-4-2-5-13-26)20-21-43-34-19-11-9-17-30(34)32-23-33(29-16-8-10-18-31(29)37)40(38-32)27-14-6-3-7-15-27/h2-19,23,25,28H,20-22,24H2,1H3/t25?,28-/m0/s1. The lowest BCUT2D eigenvalue weighted by molar-refractivity contribution is -0.133. The van der Waals surface area contributed by atoms with Gasteiger partial charge in [-0.3, -0.25) is 4.79 Å². The molecule has 2 heterocycles. The van der Waals surface area contributed by atoms with Crippen LogP contribution in [0.25, 0.3) is 28.2 Å². The van der Waals surface area contributed by atoms with Gasteiger partial charge in [0.1, 0.15) is 12.4 Å². The lowest BCUT2D eigenvalue weighted by atomic mass is 10.0. The molecule has 5 aromatic rings. The van der Waals surface area contributed by atoms with Crippen molar-refractivity contribution in [1.29, 1.82) is 0 Å². The normalized spacial score (nSPS) is 15.2. The van der Waals surface area contributed by atoms with Crippen LogP contribution in [0.1, 0.15) is 18.9 Å². The number of imide groups is 1. The lowest BCUT2D eigenvalue weighted by Crippen LogP contribution is -2.43. The average Bonchev–Trinajstić information content (AvgIpc) is 3.65. The molecular weight excluding hydrogens is 574 g/mol. The molecule has 0 N–H and O–H groups in total. The van der Waals surface area contributed by atoms with Crippen molar-refractivity contribution in [2.45, 2.75) is 25.8 Å². The number of halogens is 1. The summed E-state index contributed by atoms with van der Waals surface area (Å²) in [4.78, 5) is 27.2. The number of para-hydroxylation sites is 2. The van der Waals surface area contributed by atoms with Gasteiger partial charge in [0.05, 0.1) is 29.7 Å². The summed E-state index contributed by atoms with van der Waals surface area (Å²) in [5, 5.41) is 5.60. The molecule has 8 heteroatoms. The van der Waals surface area contributed by atoms with Crippen molar-refractivity contribution >= 4 is 23.6 Å². The highest BCUT2D eigenvalue weighted by atomic mass is 35.5. The van der Waals surface area contributed by atoms with Crippen molar-refractivity contribution in [3.63, 3.8) is 0 Å². The van der Waals surface area contributed by atoms with Crippen LogP contribution in [-0.4, -0.2) is 45.9 Å². The van der Waals surface area contributed by atoms with Gasteiger partial charge >= 0.3 is 6.09 Å². The van der Waals surface area contributed by atoms with E-state index in [4.69, 9.17) is 26.2 Å². The van der Waals surface area contributed by atoms with E-state index in [1.54, 1.807) is 0 Å². The van der Waals surface area contributed by atoms with E-state index in [0.717, 1.165) is 33.8 Å². The summed E-state index contributed by atoms with van der Waals surface area (Å²) in [6, 6.07) is 36.8. The minimum Gasteiger partial charge on any atom is -0.493 e. The molecule has 0 spiro atoms. The fourth-order valence-electron chi connectivity index (χ4n) is 5.42. The number of carbonyl (C=O) groups excluding carboxylic acids is 2. The van der Waals surface area contributed by atoms with E-state index in [9.17, 15) is 9.59 Å². The predicted molar refractivity (Wildman–Crippen MR) is 171 cm³/mol. The Bertz CT molecular complexity index is 1760. The Morgan fingerprint density at radius 1 is 0.932 bits per heavy atom. The van der Waals surface area contributed by atoms with Gasteiger partial charge in [-0.1, -0.05) is 97.4 Å². The number of amides is 2. The minimum absolute atomic E-state index is 0.196. The van der Waals surface area contributed by atoms with Crippen molar-refractivity contribution in [2.75, 3.05) is 13.2 Å². The molecule has 222 valence electrons. The van der Waals surface area contributed by atoms with Gasteiger partial charge in [0.15, 0.2) is 0 Å². The van der Waals surface area contributed by atoms with E-state index < -0.39 is 12.0 Å². The van der Waals surface area contributed by atoms with Crippen LogP contribution in [0, 0.1) is 5.92 Å². The fraction of sp³-hybridized carbons (Fsp3) is 0.194. The third-order valence-electron chi connectivity index (χ3n) is 7.77. The summed E-state index contributed by atoms with van der Waals surface area (Å²) >= 11 is 6.61. The van der Waals surface area contributed by atoms with Crippen LogP contribution in [0.15, 0.2) is 115 Å². The number of cyclic esters (lactones) is 1. The molecule has 7 nitrogen and oxygen atoms in total. The number of hydrogen-bond donors (Lipinski definition) is 0. The number of carbonyl (C=O) groups is 2. The van der Waals surface area contributed by atoms with Crippen molar-refractivity contribution in [2.24, 2.45) is 5.92 Å². The average molecular weight is 606 g/mol. The second-order valence-corrected chi connectivity index (χ2v) is 11.2. The van der Waals surface area contributed by atoms with Crippen molar-refractivity contribution in [3.8, 4) is 34.0 Å². The van der Waals surface area contributed by atoms with Gasteiger partial charge in [-0.25, -0.2) is 14.4 Å². The summed E-state index contributed by atoms with van der Waals surface area (Å²) in [5.74, 6) is -0.0374. The predicted octanol–water partition coefficient (Wildman–Crippen LogP) is 7.85. The highest BCUT2D eigenvalue weighted by Gasteiger charge is 2.39. The smallest absolute Gasteiger partial charge is 0.416 e. The van der Waals surface area contributed by atoms with Gasteiger partial charge in [0.2, 0.25) is 5.91 Å². The van der Waals surface area contributed by atoms with Gasteiger partial charge in [-0.2, -0.15) is 5.10 Å². The Morgan fingerprint density at radius 3 is 2.34 bits per heavy atom. The molecule has 0 saturated carbocycles. The summed E-state index contributed by atoms with van der Waals surface area (Å²) < 4.78 is 13.4. The summed E-state index contributed by atoms with van der Waals surface area (Å²) in [6.45, 7) is 2.30. The second kappa shape index (κ2) is 13.2. The first-order chi connectivity index (χ1) is 21.5. The molecule has 1 aliphatic rings. The van der Waals surface area contributed by atoms with E-state index in [-0.39, 0.29) is 25.2 Å². The number of rotatable bonds is 10. The van der Waals surface area contributed by atoms with Crippen LogP contribution in [0.2, 0.25) is 5.02 Å². The molecule has 0 bridgehead atoms. The first-order valence-electron chi connectivity index (χ1n) is 14.7. The van der Waals surface area contributed by atoms with Gasteiger partial charge < -0.3 is 9.47 Å². The first-order valence-corrected chi connectivity index (χ1v) is 15.0. The zero-order valence-corrected chi connectivity index (χ0v) is 25.1. The molecule has 1 aliphatic heterocycles. The molecule has 2 amide bonds. The second-order valence-electron chi connectivity index (χ2n) is 10.8. The molecule has 1 saturated heterocycles. The molecule has 0 aliphatic carbocycles. The molecule has 44 heavy (non-hydrogen) atoms. The number of benzene rings is 4. The summed E-state index contributed by atoms with van der Waals surface area (Å²) in [5.41, 5.74) is 5.23. The van der Waals surface area contributed by atoms with Gasteiger partial charge in [0, 0.05) is 22.1 Å². The number of nitrogens with zero attached hydrogens (tertiary/aromatic N) is 3. The van der Waals surface area contributed by atoms with Crippen LogP contribution in [0.3, 0.4) is 0 Å². The largest absolute Gasteiger partial charge is 0.493 e. The topological polar surface area (TPSA) is 73.7 Å². The van der Waals surface area contributed by atoms with Crippen molar-refractivity contribution in [1.82, 2.24) is 14.7 Å². The molecule has 1 fully saturated rings. The molecule has 1 aromatic heterocycles. The Hall–Kier alpha value is -4.88.